The normalized spacial score (nSPS) is 14.8. The number of carbonyl (C=O) groups excluding carboxylic acids is 3. The van der Waals surface area contributed by atoms with Gasteiger partial charge in [0.05, 0.1) is 0 Å². The first-order valence-corrected chi connectivity index (χ1v) is 9.03. The highest BCUT2D eigenvalue weighted by Crippen LogP contribution is 2.18. The molecule has 0 bridgehead atoms. The van der Waals surface area contributed by atoms with Gasteiger partial charge >= 0.3 is 12.0 Å². The number of nitrogens with one attached hydrogen (secondary N) is 2. The minimum Gasteiger partial charge on any atom is -0.452 e. The van der Waals surface area contributed by atoms with Gasteiger partial charge in [0.1, 0.15) is 0 Å². The van der Waals surface area contributed by atoms with Gasteiger partial charge < -0.3 is 10.1 Å². The van der Waals surface area contributed by atoms with Gasteiger partial charge in [-0.1, -0.05) is 43.0 Å². The van der Waals surface area contributed by atoms with Gasteiger partial charge in [-0.05, 0) is 43.0 Å². The van der Waals surface area contributed by atoms with E-state index in [2.05, 4.69) is 10.6 Å². The van der Waals surface area contributed by atoms with E-state index in [1.165, 1.54) is 12.5 Å². The van der Waals surface area contributed by atoms with Crippen LogP contribution in [0.15, 0.2) is 24.3 Å². The van der Waals surface area contributed by atoms with Crippen molar-refractivity contribution >= 4 is 35.6 Å². The Bertz CT molecular complexity index is 697. The second-order valence-electron chi connectivity index (χ2n) is 6.31. The van der Waals surface area contributed by atoms with E-state index in [1.807, 2.05) is 19.1 Å². The highest BCUT2D eigenvalue weighted by Gasteiger charge is 2.17. The van der Waals surface area contributed by atoms with E-state index in [-0.39, 0.29) is 6.04 Å². The summed E-state index contributed by atoms with van der Waals surface area (Å²) in [5.74, 6) is -1.34. The van der Waals surface area contributed by atoms with Crippen LogP contribution in [0.1, 0.15) is 43.2 Å². The Morgan fingerprint density at radius 2 is 1.96 bits per heavy atom. The van der Waals surface area contributed by atoms with Crippen molar-refractivity contribution < 1.29 is 19.1 Å². The van der Waals surface area contributed by atoms with Crippen molar-refractivity contribution in [2.24, 2.45) is 0 Å². The first kappa shape index (κ1) is 20.0. The monoisotopic (exact) mass is 378 g/mol. The smallest absolute Gasteiger partial charge is 0.331 e. The minimum atomic E-state index is -0.676. The number of imide groups is 1. The Morgan fingerprint density at radius 1 is 1.23 bits per heavy atom. The van der Waals surface area contributed by atoms with E-state index in [4.69, 9.17) is 16.3 Å². The van der Waals surface area contributed by atoms with Crippen molar-refractivity contribution in [1.29, 1.82) is 0 Å². The van der Waals surface area contributed by atoms with Crippen LogP contribution < -0.4 is 10.6 Å². The van der Waals surface area contributed by atoms with Crippen LogP contribution >= 0.6 is 11.6 Å². The first-order chi connectivity index (χ1) is 12.4. The van der Waals surface area contributed by atoms with Gasteiger partial charge in [0.25, 0.3) is 5.91 Å². The molecule has 6 nitrogen and oxygen atoms in total. The van der Waals surface area contributed by atoms with Crippen LogP contribution in [0.3, 0.4) is 0 Å². The second kappa shape index (κ2) is 9.97. The molecule has 1 saturated carbocycles. The molecule has 1 aliphatic rings. The van der Waals surface area contributed by atoms with E-state index < -0.39 is 24.5 Å². The molecule has 2 N–H and O–H groups in total. The molecule has 0 atom stereocenters. The average Bonchev–Trinajstić information content (AvgIpc) is 2.61. The summed E-state index contributed by atoms with van der Waals surface area (Å²) < 4.78 is 4.82. The number of rotatable bonds is 5. The van der Waals surface area contributed by atoms with Crippen LogP contribution in [-0.4, -0.2) is 30.6 Å². The Kier molecular flexibility index (Phi) is 7.66. The predicted molar refractivity (Wildman–Crippen MR) is 99.7 cm³/mol. The number of benzene rings is 1. The highest BCUT2D eigenvalue weighted by atomic mass is 35.5. The van der Waals surface area contributed by atoms with E-state index in [9.17, 15) is 14.4 Å². The molecular formula is C19H23ClN2O4. The zero-order valence-corrected chi connectivity index (χ0v) is 15.5. The van der Waals surface area contributed by atoms with Crippen LogP contribution in [0.5, 0.6) is 0 Å². The van der Waals surface area contributed by atoms with Gasteiger partial charge in [0, 0.05) is 17.1 Å². The third-order valence-corrected chi connectivity index (χ3v) is 4.55. The topological polar surface area (TPSA) is 84.5 Å². The molecule has 7 heteroatoms. The van der Waals surface area contributed by atoms with Crippen LogP contribution in [0.2, 0.25) is 5.02 Å². The maximum atomic E-state index is 11.7. The lowest BCUT2D eigenvalue weighted by Crippen LogP contribution is -2.46. The van der Waals surface area contributed by atoms with Crippen LogP contribution in [0, 0.1) is 6.92 Å². The number of halogens is 1. The van der Waals surface area contributed by atoms with E-state index >= 15 is 0 Å². The van der Waals surface area contributed by atoms with Crippen molar-refractivity contribution in [3.8, 4) is 0 Å². The number of amides is 3. The number of esters is 1. The lowest BCUT2D eigenvalue weighted by atomic mass is 9.96. The number of hydrogen-bond acceptors (Lipinski definition) is 4. The minimum absolute atomic E-state index is 0.100. The largest absolute Gasteiger partial charge is 0.452 e. The fourth-order valence-corrected chi connectivity index (χ4v) is 2.88. The summed E-state index contributed by atoms with van der Waals surface area (Å²) >= 11 is 6.01. The third-order valence-electron chi connectivity index (χ3n) is 4.15. The van der Waals surface area contributed by atoms with Gasteiger partial charge in [-0.3, -0.25) is 10.1 Å². The van der Waals surface area contributed by atoms with Crippen molar-refractivity contribution in [3.63, 3.8) is 0 Å². The molecule has 1 fully saturated rings. The van der Waals surface area contributed by atoms with Crippen LogP contribution in [0.25, 0.3) is 6.08 Å². The summed E-state index contributed by atoms with van der Waals surface area (Å²) in [5.41, 5.74) is 1.68. The van der Waals surface area contributed by atoms with E-state index in [0.29, 0.717) is 5.02 Å². The standard InChI is InChI=1S/C19H23ClN2O4/c1-13-7-8-14(11-16(13)20)9-10-18(24)26-12-17(23)22-19(25)21-15-5-3-2-4-6-15/h7-11,15H,2-6,12H2,1H3,(H2,21,22,23,25)/b10-9+. The molecule has 140 valence electrons. The van der Waals surface area contributed by atoms with Crippen molar-refractivity contribution in [2.45, 2.75) is 45.1 Å². The lowest BCUT2D eigenvalue weighted by molar-refractivity contribution is -0.143. The Balaban J connectivity index is 1.70. The molecule has 0 heterocycles. The number of ether oxygens (including phenoxy) is 1. The first-order valence-electron chi connectivity index (χ1n) is 8.65. The number of urea groups is 1. The summed E-state index contributed by atoms with van der Waals surface area (Å²) in [4.78, 5) is 35.0. The Labute approximate surface area is 157 Å². The molecule has 2 rings (SSSR count). The molecule has 0 saturated heterocycles. The van der Waals surface area contributed by atoms with Gasteiger partial charge in [0.15, 0.2) is 6.61 Å². The van der Waals surface area contributed by atoms with E-state index in [1.54, 1.807) is 12.1 Å². The maximum absolute atomic E-state index is 11.7. The summed E-state index contributed by atoms with van der Waals surface area (Å²) in [6.07, 6.45) is 7.92. The van der Waals surface area contributed by atoms with Crippen molar-refractivity contribution in [2.75, 3.05) is 6.61 Å². The molecule has 26 heavy (non-hydrogen) atoms. The van der Waals surface area contributed by atoms with Crippen LogP contribution in [0.4, 0.5) is 4.79 Å². The third kappa shape index (κ3) is 6.88. The molecule has 1 aliphatic carbocycles. The lowest BCUT2D eigenvalue weighted by Gasteiger charge is -2.22. The van der Waals surface area contributed by atoms with Crippen molar-refractivity contribution in [1.82, 2.24) is 10.6 Å². The number of carbonyl (C=O) groups is 3. The second-order valence-corrected chi connectivity index (χ2v) is 6.71. The summed E-state index contributed by atoms with van der Waals surface area (Å²) in [6.45, 7) is 1.36. The molecule has 3 amide bonds. The molecule has 0 aromatic heterocycles. The maximum Gasteiger partial charge on any atom is 0.331 e. The summed E-state index contributed by atoms with van der Waals surface area (Å²) in [6, 6.07) is 4.92. The molecule has 0 aliphatic heterocycles. The van der Waals surface area contributed by atoms with Gasteiger partial charge in [-0.15, -0.1) is 0 Å². The summed E-state index contributed by atoms with van der Waals surface area (Å²) in [7, 11) is 0. The zero-order valence-electron chi connectivity index (χ0n) is 14.7. The highest BCUT2D eigenvalue weighted by molar-refractivity contribution is 6.31. The quantitative estimate of drug-likeness (QED) is 0.607. The molecule has 0 unspecified atom stereocenters. The Hall–Kier alpha value is -2.34. The predicted octanol–water partition coefficient (Wildman–Crippen LogP) is 3.36. The van der Waals surface area contributed by atoms with E-state index in [0.717, 1.165) is 36.8 Å². The van der Waals surface area contributed by atoms with Gasteiger partial charge in [-0.25, -0.2) is 9.59 Å². The summed E-state index contributed by atoms with van der Waals surface area (Å²) in [5, 5.41) is 5.52. The van der Waals surface area contributed by atoms with Crippen molar-refractivity contribution in [3.05, 3.63) is 40.4 Å². The van der Waals surface area contributed by atoms with Gasteiger partial charge in [-0.2, -0.15) is 0 Å². The SMILES string of the molecule is Cc1ccc(/C=C/C(=O)OCC(=O)NC(=O)NC2CCCCC2)cc1Cl. The molecular weight excluding hydrogens is 356 g/mol. The zero-order chi connectivity index (χ0) is 18.9. The van der Waals surface area contributed by atoms with Gasteiger partial charge in [0.2, 0.25) is 0 Å². The number of aryl methyl sites for hydroxylation is 1. The van der Waals surface area contributed by atoms with Crippen LogP contribution in [-0.2, 0) is 14.3 Å². The average molecular weight is 379 g/mol. The molecule has 1 aromatic rings. The fourth-order valence-electron chi connectivity index (χ4n) is 2.69. The fraction of sp³-hybridized carbons (Fsp3) is 0.421. The number of hydrogen-bond donors (Lipinski definition) is 2. The Morgan fingerprint density at radius 3 is 2.65 bits per heavy atom. The molecule has 0 radical (unpaired) electrons. The molecule has 1 aromatic carbocycles. The molecule has 0 spiro atoms.